The van der Waals surface area contributed by atoms with E-state index in [1.54, 1.807) is 48.9 Å². The summed E-state index contributed by atoms with van der Waals surface area (Å²) in [6, 6.07) is 9.82. The molecule has 0 fully saturated rings. The molecule has 11 heteroatoms. The van der Waals surface area contributed by atoms with Gasteiger partial charge in [0.15, 0.2) is 5.82 Å². The quantitative estimate of drug-likeness (QED) is 0.475. The van der Waals surface area contributed by atoms with Gasteiger partial charge in [0.05, 0.1) is 30.8 Å². The Balaban J connectivity index is 1.60. The highest BCUT2D eigenvalue weighted by Crippen LogP contribution is 2.39. The Labute approximate surface area is 187 Å². The molecule has 0 saturated heterocycles. The number of benzene rings is 1. The first-order valence-electron chi connectivity index (χ1n) is 10.3. The fraction of sp³-hybridized carbons (Fsp3) is 0.273. The van der Waals surface area contributed by atoms with E-state index >= 15 is 0 Å². The maximum absolute atomic E-state index is 14.3. The number of aromatic nitrogens is 6. The zero-order chi connectivity index (χ0) is 23.2. The summed E-state index contributed by atoms with van der Waals surface area (Å²) in [7, 11) is 0. The average molecular weight is 449 g/mol. The molecule has 0 saturated carbocycles. The minimum atomic E-state index is -0.904. The first kappa shape index (κ1) is 20.9. The highest BCUT2D eigenvalue weighted by Gasteiger charge is 2.47. The summed E-state index contributed by atoms with van der Waals surface area (Å²) < 4.78 is 20.8. The van der Waals surface area contributed by atoms with Crippen LogP contribution in [0, 0.1) is 5.82 Å². The summed E-state index contributed by atoms with van der Waals surface area (Å²) in [5.74, 6) is -0.0229. The number of hydrogen-bond acceptors (Lipinski definition) is 8. The molecule has 4 heterocycles. The van der Waals surface area contributed by atoms with Crippen molar-refractivity contribution in [2.24, 2.45) is 0 Å². The van der Waals surface area contributed by atoms with Crippen LogP contribution in [-0.4, -0.2) is 54.3 Å². The second-order valence-electron chi connectivity index (χ2n) is 8.16. The molecule has 4 aromatic rings. The lowest BCUT2D eigenvalue weighted by Gasteiger charge is -2.17. The zero-order valence-electron chi connectivity index (χ0n) is 17.9. The molecule has 0 aliphatic carbocycles. The first-order chi connectivity index (χ1) is 15.9. The third-order valence-corrected chi connectivity index (χ3v) is 5.61. The van der Waals surface area contributed by atoms with Gasteiger partial charge in [0, 0.05) is 11.6 Å². The summed E-state index contributed by atoms with van der Waals surface area (Å²) in [4.78, 5) is 18.8. The van der Waals surface area contributed by atoms with Crippen molar-refractivity contribution in [2.45, 2.75) is 25.8 Å². The van der Waals surface area contributed by atoms with E-state index in [9.17, 15) is 14.3 Å². The lowest BCUT2D eigenvalue weighted by Crippen LogP contribution is -2.38. The van der Waals surface area contributed by atoms with Gasteiger partial charge in [0.2, 0.25) is 11.7 Å². The van der Waals surface area contributed by atoms with E-state index in [1.165, 1.54) is 17.2 Å². The predicted molar refractivity (Wildman–Crippen MR) is 115 cm³/mol. The lowest BCUT2D eigenvalue weighted by molar-refractivity contribution is -0.122. The van der Waals surface area contributed by atoms with Crippen molar-refractivity contribution >= 4 is 11.7 Å². The molecule has 0 radical (unpaired) electrons. The minimum absolute atomic E-state index is 0.0965. The molecule has 0 unspecified atom stereocenters. The highest BCUT2D eigenvalue weighted by molar-refractivity contribution is 6.06. The Kier molecular flexibility index (Phi) is 4.97. The molecule has 33 heavy (non-hydrogen) atoms. The van der Waals surface area contributed by atoms with Crippen molar-refractivity contribution in [1.82, 2.24) is 30.1 Å². The average Bonchev–Trinajstić information content (AvgIpc) is 3.51. The molecule has 0 spiro atoms. The third-order valence-electron chi connectivity index (χ3n) is 5.61. The van der Waals surface area contributed by atoms with E-state index < -0.39 is 5.41 Å². The van der Waals surface area contributed by atoms with Crippen LogP contribution in [0.5, 0.6) is 0 Å². The fourth-order valence-electron chi connectivity index (χ4n) is 3.85. The molecule has 1 N–H and O–H groups in total. The van der Waals surface area contributed by atoms with Crippen LogP contribution < -0.4 is 4.90 Å². The summed E-state index contributed by atoms with van der Waals surface area (Å²) in [5, 5.41) is 26.4. The molecule has 168 valence electrons. The molecule has 1 aliphatic rings. The maximum atomic E-state index is 14.3. The molecule has 1 aromatic carbocycles. The molecule has 1 amide bonds. The molecule has 0 atom stereocenters. The van der Waals surface area contributed by atoms with Crippen LogP contribution in [0.3, 0.4) is 0 Å². The van der Waals surface area contributed by atoms with Crippen molar-refractivity contribution in [1.29, 1.82) is 0 Å². The Morgan fingerprint density at radius 3 is 2.70 bits per heavy atom. The SMILES string of the molecule is CC1(C)C(=O)N(CCO)c2nc(-c3cc(-c4ccon4)n(Cc4ccccc4F)n3)nnc21. The second kappa shape index (κ2) is 7.85. The van der Waals surface area contributed by atoms with Crippen LogP contribution in [0.25, 0.3) is 22.9 Å². The highest BCUT2D eigenvalue weighted by atomic mass is 19.1. The monoisotopic (exact) mass is 449 g/mol. The second-order valence-corrected chi connectivity index (χ2v) is 8.16. The van der Waals surface area contributed by atoms with Crippen molar-refractivity contribution in [3.8, 4) is 22.9 Å². The van der Waals surface area contributed by atoms with Crippen LogP contribution in [0.4, 0.5) is 10.2 Å². The van der Waals surface area contributed by atoms with Crippen molar-refractivity contribution in [3.05, 3.63) is 59.7 Å². The van der Waals surface area contributed by atoms with Crippen molar-refractivity contribution in [3.63, 3.8) is 0 Å². The van der Waals surface area contributed by atoms with Gasteiger partial charge in [-0.1, -0.05) is 23.4 Å². The standard InChI is InChI=1S/C22H20FN7O3/c1-22(2)18-20(29(8-9-31)21(22)32)24-19(26-25-18)16-11-17(15-7-10-33-28-15)30(27-16)12-13-5-3-4-6-14(13)23/h3-7,10-11,31H,8-9,12H2,1-2H3. The fourth-order valence-corrected chi connectivity index (χ4v) is 3.85. The van der Waals surface area contributed by atoms with E-state index in [1.807, 2.05) is 0 Å². The van der Waals surface area contributed by atoms with Crippen molar-refractivity contribution < 1.29 is 18.8 Å². The maximum Gasteiger partial charge on any atom is 0.240 e. The van der Waals surface area contributed by atoms with Crippen LogP contribution in [0.2, 0.25) is 0 Å². The van der Waals surface area contributed by atoms with Crippen molar-refractivity contribution in [2.75, 3.05) is 18.1 Å². The van der Waals surface area contributed by atoms with Crippen LogP contribution >= 0.6 is 0 Å². The Morgan fingerprint density at radius 2 is 1.97 bits per heavy atom. The Morgan fingerprint density at radius 1 is 1.15 bits per heavy atom. The lowest BCUT2D eigenvalue weighted by atomic mass is 9.91. The van der Waals surface area contributed by atoms with Gasteiger partial charge in [-0.15, -0.1) is 10.2 Å². The zero-order valence-corrected chi connectivity index (χ0v) is 17.9. The van der Waals surface area contributed by atoms with Gasteiger partial charge in [-0.3, -0.25) is 14.4 Å². The van der Waals surface area contributed by atoms with E-state index in [4.69, 9.17) is 4.52 Å². The van der Waals surface area contributed by atoms with Gasteiger partial charge in [0.1, 0.15) is 29.2 Å². The number of hydrogen-bond donors (Lipinski definition) is 1. The van der Waals surface area contributed by atoms with E-state index in [0.29, 0.717) is 34.2 Å². The molecule has 3 aromatic heterocycles. The summed E-state index contributed by atoms with van der Waals surface area (Å²) in [6.07, 6.45) is 1.43. The predicted octanol–water partition coefficient (Wildman–Crippen LogP) is 2.19. The van der Waals surface area contributed by atoms with Gasteiger partial charge in [-0.25, -0.2) is 9.37 Å². The number of β-amino-alcohol motifs (C(OH)–C–C–N with tert-alkyl or cyclic N) is 1. The molecule has 10 nitrogen and oxygen atoms in total. The minimum Gasteiger partial charge on any atom is -0.395 e. The molecule has 5 rings (SSSR count). The number of nitrogens with zero attached hydrogens (tertiary/aromatic N) is 7. The molecule has 1 aliphatic heterocycles. The smallest absolute Gasteiger partial charge is 0.240 e. The largest absolute Gasteiger partial charge is 0.395 e. The van der Waals surface area contributed by atoms with Gasteiger partial charge in [-0.05, 0) is 26.0 Å². The number of rotatable bonds is 6. The number of carbonyl (C=O) groups is 1. The van der Waals surface area contributed by atoms with Gasteiger partial charge >= 0.3 is 0 Å². The Hall–Kier alpha value is -3.99. The Bertz CT molecular complexity index is 1330. The number of carbonyl (C=O) groups excluding carboxylic acids is 1. The van der Waals surface area contributed by atoms with E-state index in [0.717, 1.165) is 0 Å². The van der Waals surface area contributed by atoms with Gasteiger partial charge < -0.3 is 9.63 Å². The summed E-state index contributed by atoms with van der Waals surface area (Å²) in [6.45, 7) is 3.52. The molecule has 0 bridgehead atoms. The number of aliphatic hydroxyl groups is 1. The van der Waals surface area contributed by atoms with Crippen LogP contribution in [0.15, 0.2) is 47.2 Å². The van der Waals surface area contributed by atoms with Gasteiger partial charge in [-0.2, -0.15) is 5.10 Å². The van der Waals surface area contributed by atoms with Crippen LogP contribution in [-0.2, 0) is 16.8 Å². The number of anilines is 1. The first-order valence-corrected chi connectivity index (χ1v) is 10.3. The third kappa shape index (κ3) is 3.46. The number of amides is 1. The number of aliphatic hydroxyl groups excluding tert-OH is 1. The van der Waals surface area contributed by atoms with E-state index in [-0.39, 0.29) is 37.2 Å². The number of fused-ring (bicyclic) bond motifs is 1. The van der Waals surface area contributed by atoms with E-state index in [2.05, 4.69) is 25.4 Å². The van der Waals surface area contributed by atoms with Crippen LogP contribution in [0.1, 0.15) is 25.1 Å². The number of halogens is 1. The molecular formula is C22H20FN7O3. The topological polar surface area (TPSA) is 123 Å². The normalized spacial score (nSPS) is 14.7. The molecular weight excluding hydrogens is 429 g/mol. The summed E-state index contributed by atoms with van der Waals surface area (Å²) in [5.41, 5.74) is 1.45. The van der Waals surface area contributed by atoms with Gasteiger partial charge in [0.25, 0.3) is 0 Å². The summed E-state index contributed by atoms with van der Waals surface area (Å²) >= 11 is 0.